The number of hydrogen-bond donors (Lipinski definition) is 0. The number of fused-ring (bicyclic) bond motifs is 2. The van der Waals surface area contributed by atoms with Gasteiger partial charge in [-0.1, -0.05) is 24.3 Å². The third kappa shape index (κ3) is 2.83. The topological polar surface area (TPSA) is 51.6 Å². The Morgan fingerprint density at radius 3 is 1.20 bits per heavy atom. The normalized spacial score (nSPS) is 11.7. The second kappa shape index (κ2) is 7.02. The largest absolute Gasteiger partial charge is 0.172 e. The molecule has 4 aromatic heterocycles. The first-order valence-corrected chi connectivity index (χ1v) is 12.4. The van der Waals surface area contributed by atoms with E-state index in [0.717, 1.165) is 44.3 Å². The Kier molecular flexibility index (Phi) is 4.28. The molecule has 0 bridgehead atoms. The lowest BCUT2D eigenvalue weighted by Crippen LogP contribution is -1.87. The summed E-state index contributed by atoms with van der Waals surface area (Å²) in [7, 11) is 0. The molecule has 8 heteroatoms. The highest BCUT2D eigenvalue weighted by atomic mass is 32.1. The van der Waals surface area contributed by atoms with Gasteiger partial charge in [0.1, 0.15) is 22.1 Å². The predicted molar refractivity (Wildman–Crippen MR) is 130 cm³/mol. The van der Waals surface area contributed by atoms with Crippen LogP contribution in [0.4, 0.5) is 0 Å². The summed E-state index contributed by atoms with van der Waals surface area (Å²) in [6, 6.07) is 17.2. The molecule has 0 amide bonds. The number of thiophene rings is 2. The molecule has 4 nitrogen and oxygen atoms in total. The second-order valence-corrected chi connectivity index (χ2v) is 10.7. The smallest absolute Gasteiger partial charge is 0.114 e. The summed E-state index contributed by atoms with van der Waals surface area (Å²) in [5, 5.41) is 0. The van der Waals surface area contributed by atoms with Crippen LogP contribution < -0.4 is 0 Å². The third-order valence-corrected chi connectivity index (χ3v) is 8.26. The van der Waals surface area contributed by atoms with Gasteiger partial charge in [0, 0.05) is 41.8 Å². The summed E-state index contributed by atoms with van der Waals surface area (Å²) >= 11 is 6.09. The Balaban J connectivity index is 1.57. The quantitative estimate of drug-likeness (QED) is 0.274. The highest BCUT2D eigenvalue weighted by Gasteiger charge is 2.19. The van der Waals surface area contributed by atoms with E-state index in [2.05, 4.69) is 79.9 Å². The zero-order chi connectivity index (χ0) is 20.2. The van der Waals surface area contributed by atoms with Crippen LogP contribution in [0.2, 0.25) is 0 Å². The van der Waals surface area contributed by atoms with Crippen LogP contribution in [-0.4, -0.2) is 17.5 Å². The van der Waals surface area contributed by atoms with Crippen molar-refractivity contribution >= 4 is 68.2 Å². The average molecular weight is 463 g/mol. The summed E-state index contributed by atoms with van der Waals surface area (Å²) in [5.41, 5.74) is 8.15. The number of aromatic nitrogens is 4. The molecule has 0 N–H and O–H groups in total. The van der Waals surface area contributed by atoms with Crippen molar-refractivity contribution in [2.75, 3.05) is 0 Å². The molecule has 0 aliphatic carbocycles. The molecule has 0 aliphatic heterocycles. The first kappa shape index (κ1) is 18.3. The number of hydrogen-bond acceptors (Lipinski definition) is 8. The lowest BCUT2D eigenvalue weighted by molar-refractivity contribution is 1.59. The first-order valence-electron chi connectivity index (χ1n) is 9.33. The molecule has 6 rings (SSSR count). The Morgan fingerprint density at radius 2 is 0.833 bits per heavy atom. The Morgan fingerprint density at radius 1 is 0.467 bits per heavy atom. The molecule has 0 unspecified atom stereocenters. The first-order chi connectivity index (χ1) is 14.7. The fourth-order valence-corrected chi connectivity index (χ4v) is 6.66. The van der Waals surface area contributed by atoms with Crippen molar-refractivity contribution in [1.82, 2.24) is 17.5 Å². The minimum atomic E-state index is 0.928. The standard InChI is InChI=1S/C22H14N4S4/c1-11-3-9-17(27-11)15-7-5-13(19-21(15)25-29-23-19)14-6-8-16(18-10-4-12(2)28-18)22-20(14)24-30-26-22/h3-10H,1-2H3. The molecular weight excluding hydrogens is 449 g/mol. The van der Waals surface area contributed by atoms with Crippen molar-refractivity contribution in [2.24, 2.45) is 0 Å². The highest BCUT2D eigenvalue weighted by Crippen LogP contribution is 2.41. The summed E-state index contributed by atoms with van der Waals surface area (Å²) < 4.78 is 18.6. The van der Waals surface area contributed by atoms with Gasteiger partial charge >= 0.3 is 0 Å². The van der Waals surface area contributed by atoms with E-state index in [4.69, 9.17) is 0 Å². The van der Waals surface area contributed by atoms with Gasteiger partial charge in [-0.3, -0.25) is 0 Å². The van der Waals surface area contributed by atoms with Crippen LogP contribution in [0.5, 0.6) is 0 Å². The SMILES string of the molecule is Cc1ccc(-c2ccc(-c3ccc(-c4ccc(C)s4)c4nsnc34)c3nsnc23)s1. The van der Waals surface area contributed by atoms with Crippen LogP contribution in [0, 0.1) is 13.8 Å². The van der Waals surface area contributed by atoms with Gasteiger partial charge in [-0.2, -0.15) is 17.5 Å². The van der Waals surface area contributed by atoms with Gasteiger partial charge in [0.15, 0.2) is 0 Å². The number of benzene rings is 2. The van der Waals surface area contributed by atoms with Crippen LogP contribution in [0.1, 0.15) is 9.75 Å². The van der Waals surface area contributed by atoms with Gasteiger partial charge in [-0.05, 0) is 38.1 Å². The Hall–Kier alpha value is -2.52. The number of nitrogens with zero attached hydrogens (tertiary/aromatic N) is 4. The fourth-order valence-electron chi connectivity index (χ4n) is 3.72. The van der Waals surface area contributed by atoms with Gasteiger partial charge < -0.3 is 0 Å². The minimum absolute atomic E-state index is 0.928. The van der Waals surface area contributed by atoms with E-state index >= 15 is 0 Å². The molecule has 0 aliphatic rings. The highest BCUT2D eigenvalue weighted by molar-refractivity contribution is 7.15. The predicted octanol–water partition coefficient (Wildman–Crippen LogP) is 7.44. The third-order valence-electron chi connectivity index (χ3n) is 5.13. The van der Waals surface area contributed by atoms with Gasteiger partial charge in [0.25, 0.3) is 0 Å². The van der Waals surface area contributed by atoms with Crippen molar-refractivity contribution in [1.29, 1.82) is 0 Å². The second-order valence-electron chi connectivity index (χ2n) is 7.06. The van der Waals surface area contributed by atoms with E-state index in [0.29, 0.717) is 0 Å². The van der Waals surface area contributed by atoms with Crippen LogP contribution in [0.25, 0.3) is 54.1 Å². The zero-order valence-corrected chi connectivity index (χ0v) is 19.3. The van der Waals surface area contributed by atoms with Crippen LogP contribution in [0.15, 0.2) is 48.5 Å². The molecule has 0 spiro atoms. The molecule has 0 saturated heterocycles. The van der Waals surface area contributed by atoms with Crippen LogP contribution >= 0.6 is 46.1 Å². The molecule has 0 radical (unpaired) electrons. The monoisotopic (exact) mass is 462 g/mol. The summed E-state index contributed by atoms with van der Waals surface area (Å²) in [6.45, 7) is 4.25. The van der Waals surface area contributed by atoms with E-state index < -0.39 is 0 Å². The Bertz CT molecular complexity index is 1420. The van der Waals surface area contributed by atoms with Crippen molar-refractivity contribution in [3.05, 3.63) is 58.3 Å². The zero-order valence-electron chi connectivity index (χ0n) is 16.0. The summed E-state index contributed by atoms with van der Waals surface area (Å²) in [6.07, 6.45) is 0. The van der Waals surface area contributed by atoms with Gasteiger partial charge in [-0.25, -0.2) is 0 Å². The molecule has 0 atom stereocenters. The molecule has 2 aromatic carbocycles. The molecule has 6 aromatic rings. The van der Waals surface area contributed by atoms with Crippen molar-refractivity contribution < 1.29 is 0 Å². The molecule has 4 heterocycles. The fraction of sp³-hybridized carbons (Fsp3) is 0.0909. The van der Waals surface area contributed by atoms with E-state index in [1.54, 1.807) is 22.7 Å². The molecule has 30 heavy (non-hydrogen) atoms. The summed E-state index contributed by atoms with van der Waals surface area (Å²) in [4.78, 5) is 5.03. The lowest BCUT2D eigenvalue weighted by atomic mass is 9.98. The van der Waals surface area contributed by atoms with E-state index in [1.807, 2.05) is 0 Å². The van der Waals surface area contributed by atoms with Crippen LogP contribution in [0.3, 0.4) is 0 Å². The van der Waals surface area contributed by atoms with Crippen LogP contribution in [-0.2, 0) is 0 Å². The molecule has 0 fully saturated rings. The van der Waals surface area contributed by atoms with Gasteiger partial charge in [-0.15, -0.1) is 22.7 Å². The van der Waals surface area contributed by atoms with E-state index in [9.17, 15) is 0 Å². The minimum Gasteiger partial charge on any atom is -0.172 e. The van der Waals surface area contributed by atoms with Crippen molar-refractivity contribution in [2.45, 2.75) is 13.8 Å². The maximum atomic E-state index is 4.66. The summed E-state index contributed by atoms with van der Waals surface area (Å²) in [5.74, 6) is 0. The maximum Gasteiger partial charge on any atom is 0.114 e. The van der Waals surface area contributed by atoms with E-state index in [1.165, 1.54) is 43.0 Å². The van der Waals surface area contributed by atoms with Gasteiger partial charge in [0.05, 0.1) is 23.5 Å². The van der Waals surface area contributed by atoms with Gasteiger partial charge in [0.2, 0.25) is 0 Å². The van der Waals surface area contributed by atoms with Crippen molar-refractivity contribution in [3.8, 4) is 32.0 Å². The molecule has 146 valence electrons. The average Bonchev–Trinajstić information content (AvgIpc) is 3.53. The maximum absolute atomic E-state index is 4.66. The van der Waals surface area contributed by atoms with Crippen molar-refractivity contribution in [3.63, 3.8) is 0 Å². The molecular formula is C22H14N4S4. The molecule has 0 saturated carbocycles. The lowest BCUT2D eigenvalue weighted by Gasteiger charge is -2.08. The number of aryl methyl sites for hydroxylation is 2. The van der Waals surface area contributed by atoms with E-state index in [-0.39, 0.29) is 0 Å². The Labute approximate surface area is 189 Å². The number of rotatable bonds is 3.